The van der Waals surface area contributed by atoms with Crippen LogP contribution in [-0.4, -0.2) is 29.4 Å². The molecule has 2 rings (SSSR count). The fraction of sp³-hybridized carbons (Fsp3) is 0.333. The molecule has 0 aliphatic carbocycles. The summed E-state index contributed by atoms with van der Waals surface area (Å²) in [6, 6.07) is 12.2. The molecule has 2 aromatic rings. The van der Waals surface area contributed by atoms with Crippen LogP contribution in [0.1, 0.15) is 25.0 Å². The second-order valence-corrected chi connectivity index (χ2v) is 9.14. The van der Waals surface area contributed by atoms with E-state index < -0.39 is 32.8 Å². The fourth-order valence-electron chi connectivity index (χ4n) is 2.19. The highest BCUT2D eigenvalue weighted by Crippen LogP contribution is 2.19. The van der Waals surface area contributed by atoms with E-state index in [9.17, 15) is 16.8 Å². The van der Waals surface area contributed by atoms with E-state index in [0.29, 0.717) is 0 Å². The third-order valence-electron chi connectivity index (χ3n) is 3.53. The minimum atomic E-state index is -4.05. The maximum atomic E-state index is 12.2. The van der Waals surface area contributed by atoms with Crippen LogP contribution in [-0.2, 0) is 33.3 Å². The lowest BCUT2D eigenvalue weighted by Crippen LogP contribution is -2.26. The summed E-state index contributed by atoms with van der Waals surface area (Å²) in [4.78, 5) is -0.0474. The van der Waals surface area contributed by atoms with E-state index in [1.807, 2.05) is 13.8 Å². The zero-order valence-corrected chi connectivity index (χ0v) is 17.1. The highest BCUT2D eigenvalue weighted by molar-refractivity contribution is 7.87. The van der Waals surface area contributed by atoms with Gasteiger partial charge in [0.1, 0.15) is 0 Å². The molecule has 9 heteroatoms. The number of hydrogen-bond acceptors (Lipinski definition) is 7. The van der Waals surface area contributed by atoms with E-state index >= 15 is 0 Å². The summed E-state index contributed by atoms with van der Waals surface area (Å²) < 4.78 is 64.0. The van der Waals surface area contributed by atoms with Gasteiger partial charge in [-0.05, 0) is 52.0 Å². The van der Waals surface area contributed by atoms with Gasteiger partial charge in [-0.15, -0.1) is 0 Å². The molecule has 0 heterocycles. The van der Waals surface area contributed by atoms with Crippen LogP contribution in [0.15, 0.2) is 58.3 Å². The molecule has 0 radical (unpaired) electrons. The van der Waals surface area contributed by atoms with Crippen LogP contribution in [0.4, 0.5) is 0 Å². The van der Waals surface area contributed by atoms with Crippen molar-refractivity contribution in [2.24, 2.45) is 0 Å². The van der Waals surface area contributed by atoms with Gasteiger partial charge in [-0.3, -0.25) is 0 Å². The van der Waals surface area contributed by atoms with Crippen molar-refractivity contribution < 1.29 is 29.9 Å². The summed E-state index contributed by atoms with van der Waals surface area (Å²) in [6.07, 6.45) is -2.50. The topological polar surface area (TPSA) is 96.0 Å². The largest absolute Gasteiger partial charge is 0.322 e. The average Bonchev–Trinajstić information content (AvgIpc) is 2.54. The predicted octanol–water partition coefficient (Wildman–Crippen LogP) is 3.12. The van der Waals surface area contributed by atoms with Gasteiger partial charge in [-0.25, -0.2) is 8.37 Å². The molecule has 0 bridgehead atoms. The SMILES string of the molecule is Cc1ccc(S(=O)(=O)OC(C)OC(C)OS(=O)(=O)c2ccc(C)cc2)cc1. The number of ether oxygens (including phenoxy) is 1. The molecular weight excluding hydrogens is 392 g/mol. The molecule has 0 aliphatic rings. The molecule has 0 saturated heterocycles. The summed E-state index contributed by atoms with van der Waals surface area (Å²) in [5.41, 5.74) is 1.81. The van der Waals surface area contributed by atoms with Gasteiger partial charge in [0, 0.05) is 0 Å². The van der Waals surface area contributed by atoms with Crippen LogP contribution in [0.25, 0.3) is 0 Å². The van der Waals surface area contributed by atoms with Crippen molar-refractivity contribution in [1.82, 2.24) is 0 Å². The minimum absolute atomic E-state index is 0.0237. The van der Waals surface area contributed by atoms with Crippen molar-refractivity contribution >= 4 is 20.2 Å². The van der Waals surface area contributed by atoms with E-state index in [2.05, 4.69) is 0 Å². The molecule has 0 aromatic heterocycles. The fourth-order valence-corrected chi connectivity index (χ4v) is 4.16. The molecule has 0 fully saturated rings. The predicted molar refractivity (Wildman–Crippen MR) is 98.9 cm³/mol. The Morgan fingerprint density at radius 3 is 1.22 bits per heavy atom. The Kier molecular flexibility index (Phi) is 6.77. The number of benzene rings is 2. The van der Waals surface area contributed by atoms with Crippen molar-refractivity contribution in [3.63, 3.8) is 0 Å². The Bertz CT molecular complexity index is 882. The van der Waals surface area contributed by atoms with Crippen LogP contribution in [0.3, 0.4) is 0 Å². The van der Waals surface area contributed by atoms with E-state index in [-0.39, 0.29) is 9.79 Å². The number of aryl methyl sites for hydroxylation is 2. The lowest BCUT2D eigenvalue weighted by atomic mass is 10.2. The second-order valence-electron chi connectivity index (χ2n) is 6.00. The molecule has 148 valence electrons. The van der Waals surface area contributed by atoms with Crippen molar-refractivity contribution in [1.29, 1.82) is 0 Å². The van der Waals surface area contributed by atoms with Crippen LogP contribution in [0.5, 0.6) is 0 Å². The Labute approximate surface area is 160 Å². The first-order chi connectivity index (χ1) is 12.5. The van der Waals surface area contributed by atoms with Crippen LogP contribution >= 0.6 is 0 Å². The first kappa shape index (κ1) is 21.5. The monoisotopic (exact) mass is 414 g/mol. The quantitative estimate of drug-likeness (QED) is 0.484. The standard InChI is InChI=1S/C18H22O7S2/c1-13-5-9-17(10-6-13)26(19,20)24-15(3)23-16(4)25-27(21,22)18-11-7-14(2)8-12-18/h5-12,15-16H,1-4H3. The first-order valence-corrected chi connectivity index (χ1v) is 11.0. The first-order valence-electron chi connectivity index (χ1n) is 8.15. The number of hydrogen-bond donors (Lipinski definition) is 0. The van der Waals surface area contributed by atoms with Gasteiger partial charge in [0.25, 0.3) is 20.2 Å². The van der Waals surface area contributed by atoms with E-state index in [1.165, 1.54) is 38.1 Å². The Hall–Kier alpha value is -1.78. The van der Waals surface area contributed by atoms with Crippen LogP contribution in [0.2, 0.25) is 0 Å². The van der Waals surface area contributed by atoms with Crippen LogP contribution in [0, 0.1) is 13.8 Å². The zero-order valence-electron chi connectivity index (χ0n) is 15.4. The van der Waals surface area contributed by atoms with Crippen molar-refractivity contribution in [3.8, 4) is 0 Å². The Morgan fingerprint density at radius 1 is 0.630 bits per heavy atom. The summed E-state index contributed by atoms with van der Waals surface area (Å²) in [7, 11) is -8.11. The molecule has 7 nitrogen and oxygen atoms in total. The van der Waals surface area contributed by atoms with Crippen molar-refractivity contribution in [2.75, 3.05) is 0 Å². The van der Waals surface area contributed by atoms with Crippen LogP contribution < -0.4 is 0 Å². The molecule has 0 saturated carbocycles. The van der Waals surface area contributed by atoms with Crippen molar-refractivity contribution in [3.05, 3.63) is 59.7 Å². The van der Waals surface area contributed by atoms with Gasteiger partial charge in [-0.2, -0.15) is 16.8 Å². The van der Waals surface area contributed by atoms with Gasteiger partial charge in [0.15, 0.2) is 12.6 Å². The van der Waals surface area contributed by atoms with E-state index in [4.69, 9.17) is 13.1 Å². The second kappa shape index (κ2) is 8.49. The Balaban J connectivity index is 1.99. The molecular formula is C18H22O7S2. The van der Waals surface area contributed by atoms with Gasteiger partial charge >= 0.3 is 0 Å². The summed E-state index contributed by atoms with van der Waals surface area (Å²) in [5.74, 6) is 0. The third-order valence-corrected chi connectivity index (χ3v) is 6.27. The number of rotatable bonds is 8. The summed E-state index contributed by atoms with van der Waals surface area (Å²) in [6.45, 7) is 6.33. The molecule has 0 aliphatic heterocycles. The molecule has 2 atom stereocenters. The highest BCUT2D eigenvalue weighted by Gasteiger charge is 2.24. The molecule has 0 spiro atoms. The normalized spacial score (nSPS) is 14.7. The van der Waals surface area contributed by atoms with Gasteiger partial charge in [0.05, 0.1) is 9.79 Å². The highest BCUT2D eigenvalue weighted by atomic mass is 32.2. The van der Waals surface area contributed by atoms with Gasteiger partial charge < -0.3 is 4.74 Å². The maximum Gasteiger partial charge on any atom is 0.299 e. The average molecular weight is 415 g/mol. The van der Waals surface area contributed by atoms with E-state index in [1.54, 1.807) is 24.3 Å². The molecule has 27 heavy (non-hydrogen) atoms. The minimum Gasteiger partial charge on any atom is -0.322 e. The Morgan fingerprint density at radius 2 is 0.926 bits per heavy atom. The zero-order chi connectivity index (χ0) is 20.2. The lowest BCUT2D eigenvalue weighted by molar-refractivity contribution is -0.163. The molecule has 2 unspecified atom stereocenters. The van der Waals surface area contributed by atoms with Gasteiger partial charge in [0.2, 0.25) is 0 Å². The van der Waals surface area contributed by atoms with Crippen molar-refractivity contribution in [2.45, 2.75) is 50.1 Å². The molecule has 0 N–H and O–H groups in total. The maximum absolute atomic E-state index is 12.2. The molecule has 0 amide bonds. The summed E-state index contributed by atoms with van der Waals surface area (Å²) in [5, 5.41) is 0. The smallest absolute Gasteiger partial charge is 0.299 e. The summed E-state index contributed by atoms with van der Waals surface area (Å²) >= 11 is 0. The lowest BCUT2D eigenvalue weighted by Gasteiger charge is -2.19. The van der Waals surface area contributed by atoms with Gasteiger partial charge in [-0.1, -0.05) is 35.4 Å². The third kappa shape index (κ3) is 6.12. The molecule has 2 aromatic carbocycles. The van der Waals surface area contributed by atoms with E-state index in [0.717, 1.165) is 11.1 Å².